The molecule has 9 heteroatoms. The molecule has 4 atom stereocenters. The highest BCUT2D eigenvalue weighted by Gasteiger charge is 2.57. The number of likely N-dealkylation sites (tertiary alicyclic amines) is 1. The Hall–Kier alpha value is -1.59. The first-order valence-corrected chi connectivity index (χ1v) is 19.0. The maximum Gasteiger partial charge on any atom is 0.264 e. The molecule has 0 aliphatic carbocycles. The highest BCUT2D eigenvalue weighted by molar-refractivity contribution is 7.85. The molecule has 0 saturated carbocycles. The van der Waals surface area contributed by atoms with Gasteiger partial charge in [-0.15, -0.1) is 0 Å². The van der Waals surface area contributed by atoms with Gasteiger partial charge in [0.2, 0.25) is 0 Å². The smallest absolute Gasteiger partial charge is 0.264 e. The van der Waals surface area contributed by atoms with E-state index in [1.807, 2.05) is 26.0 Å². The number of rotatable bonds is 11. The Morgan fingerprint density at radius 2 is 1.55 bits per heavy atom. The maximum absolute atomic E-state index is 11.7. The normalized spacial score (nSPS) is 24.4. The van der Waals surface area contributed by atoms with Crippen LogP contribution in [-0.4, -0.2) is 71.2 Å². The third-order valence-electron chi connectivity index (χ3n) is 8.46. The van der Waals surface area contributed by atoms with Gasteiger partial charge in [0.25, 0.3) is 10.1 Å². The molecule has 2 aromatic carbocycles. The van der Waals surface area contributed by atoms with Crippen LogP contribution in [0.5, 0.6) is 0 Å². The number of benzene rings is 2. The van der Waals surface area contributed by atoms with Crippen molar-refractivity contribution in [3.8, 4) is 0 Å². The molecule has 0 radical (unpaired) electrons. The van der Waals surface area contributed by atoms with Crippen LogP contribution in [-0.2, 0) is 28.2 Å². The fraction of sp³-hybridized carbons (Fsp3) is 0.613. The molecule has 2 fully saturated rings. The predicted molar refractivity (Wildman–Crippen MR) is 161 cm³/mol. The summed E-state index contributed by atoms with van der Waals surface area (Å²) in [5.74, 6) is -0.685. The second kappa shape index (κ2) is 12.0. The van der Waals surface area contributed by atoms with E-state index in [0.29, 0.717) is 19.4 Å². The first-order valence-electron chi connectivity index (χ1n) is 14.3. The molecule has 7 nitrogen and oxygen atoms in total. The lowest BCUT2D eigenvalue weighted by atomic mass is 9.94. The number of fused-ring (bicyclic) bond motifs is 1. The Morgan fingerprint density at radius 1 is 1.00 bits per heavy atom. The summed E-state index contributed by atoms with van der Waals surface area (Å²) >= 11 is 0. The van der Waals surface area contributed by atoms with Gasteiger partial charge in [-0.05, 0) is 55.9 Å². The molecule has 0 unspecified atom stereocenters. The van der Waals surface area contributed by atoms with Crippen molar-refractivity contribution >= 4 is 18.4 Å². The Morgan fingerprint density at radius 3 is 2.05 bits per heavy atom. The molecule has 40 heavy (non-hydrogen) atoms. The lowest BCUT2D eigenvalue weighted by molar-refractivity contribution is -0.168. The van der Waals surface area contributed by atoms with Crippen LogP contribution in [0.25, 0.3) is 0 Å². The molecule has 0 amide bonds. The first-order chi connectivity index (χ1) is 18.6. The van der Waals surface area contributed by atoms with E-state index in [9.17, 15) is 8.42 Å². The van der Waals surface area contributed by atoms with E-state index in [1.165, 1.54) is 11.1 Å². The van der Waals surface area contributed by atoms with Gasteiger partial charge in [0, 0.05) is 6.54 Å². The molecule has 0 N–H and O–H groups in total. The van der Waals surface area contributed by atoms with Gasteiger partial charge in [0.1, 0.15) is 12.2 Å². The summed E-state index contributed by atoms with van der Waals surface area (Å²) < 4.78 is 48.8. The maximum atomic E-state index is 11.7. The van der Waals surface area contributed by atoms with Crippen LogP contribution in [0.4, 0.5) is 0 Å². The number of hydrogen-bond acceptors (Lipinski definition) is 7. The van der Waals surface area contributed by atoms with Crippen LogP contribution in [0.1, 0.15) is 64.6 Å². The van der Waals surface area contributed by atoms with Crippen LogP contribution in [0.2, 0.25) is 18.1 Å². The molecular formula is C31H47NO6SSi. The van der Waals surface area contributed by atoms with Crippen LogP contribution in [0.15, 0.2) is 60.7 Å². The minimum atomic E-state index is -3.51. The topological polar surface area (TPSA) is 74.3 Å². The molecule has 0 bridgehead atoms. The number of ether oxygens (including phenoxy) is 2. The zero-order valence-electron chi connectivity index (χ0n) is 25.3. The summed E-state index contributed by atoms with van der Waals surface area (Å²) in [6, 6.07) is 21.0. The third-order valence-corrected chi connectivity index (χ3v) is 13.6. The second-order valence-corrected chi connectivity index (χ2v) is 19.5. The summed E-state index contributed by atoms with van der Waals surface area (Å²) in [5.41, 5.74) is 2.40. The zero-order valence-corrected chi connectivity index (χ0v) is 27.1. The first kappa shape index (κ1) is 31.3. The van der Waals surface area contributed by atoms with Crippen LogP contribution in [0.3, 0.4) is 0 Å². The molecule has 4 rings (SSSR count). The second-order valence-electron chi connectivity index (χ2n) is 13.1. The SMILES string of the molecule is CC1(C)O[C@@H]2[C@@H]([C@@H](CCCOS(C)(=O)=O)O[Si](C)(C)C(C)(C)C)N(C(c3ccccc3)c3ccccc3)C[C@@H]2O1. The molecule has 2 aliphatic rings. The molecule has 2 heterocycles. The van der Waals surface area contributed by atoms with Crippen molar-refractivity contribution in [3.05, 3.63) is 71.8 Å². The summed E-state index contributed by atoms with van der Waals surface area (Å²) in [7, 11) is -5.73. The Balaban J connectivity index is 1.77. The van der Waals surface area contributed by atoms with Gasteiger partial charge in [-0.3, -0.25) is 9.08 Å². The molecule has 222 valence electrons. The lowest BCUT2D eigenvalue weighted by Gasteiger charge is -2.45. The third kappa shape index (κ3) is 7.42. The van der Waals surface area contributed by atoms with E-state index in [0.717, 1.165) is 6.26 Å². The molecular weight excluding hydrogens is 542 g/mol. The standard InChI is InChI=1S/C31H47NO6SSi/c1-30(2,3)40(7,8)38-25(20-15-21-35-39(6,33)34)28-29-26(36-31(4,5)37-29)22-32(28)27(23-16-11-9-12-17-23)24-18-13-10-14-19-24/h9-14,16-19,25-29H,15,20-22H2,1-8H3/t25-,26+,28-,29+/m1/s1. The van der Waals surface area contributed by atoms with Crippen molar-refractivity contribution < 1.29 is 26.5 Å². The Kier molecular flexibility index (Phi) is 9.37. The van der Waals surface area contributed by atoms with Crippen LogP contribution < -0.4 is 0 Å². The highest BCUT2D eigenvalue weighted by atomic mass is 32.2. The van der Waals surface area contributed by atoms with E-state index in [1.54, 1.807) is 0 Å². The zero-order chi connectivity index (χ0) is 29.3. The number of nitrogens with zero attached hydrogens (tertiary/aromatic N) is 1. The molecule has 2 aromatic rings. The van der Waals surface area contributed by atoms with Crippen LogP contribution in [0, 0.1) is 0 Å². The highest BCUT2D eigenvalue weighted by Crippen LogP contribution is 2.46. The molecule has 2 aliphatic heterocycles. The van der Waals surface area contributed by atoms with E-state index in [4.69, 9.17) is 18.1 Å². The summed E-state index contributed by atoms with van der Waals surface area (Å²) in [6.07, 6.45) is 1.80. The van der Waals surface area contributed by atoms with Crippen molar-refractivity contribution in [2.45, 2.75) is 102 Å². The van der Waals surface area contributed by atoms with Gasteiger partial charge in [-0.1, -0.05) is 81.4 Å². The van der Waals surface area contributed by atoms with Gasteiger partial charge in [0.05, 0.1) is 31.1 Å². The quantitative estimate of drug-likeness (QED) is 0.177. The van der Waals surface area contributed by atoms with Crippen LogP contribution >= 0.6 is 0 Å². The molecule has 2 saturated heterocycles. The average Bonchev–Trinajstić information content (AvgIpc) is 3.32. The van der Waals surface area contributed by atoms with E-state index < -0.39 is 24.2 Å². The van der Waals surface area contributed by atoms with E-state index in [2.05, 4.69) is 87.3 Å². The minimum Gasteiger partial charge on any atom is -0.412 e. The predicted octanol–water partition coefficient (Wildman–Crippen LogP) is 6.13. The van der Waals surface area contributed by atoms with Crippen molar-refractivity contribution in [3.63, 3.8) is 0 Å². The summed E-state index contributed by atoms with van der Waals surface area (Å²) in [6.45, 7) is 16.0. The Labute approximate surface area is 242 Å². The average molecular weight is 590 g/mol. The van der Waals surface area contributed by atoms with Gasteiger partial charge >= 0.3 is 0 Å². The Bertz CT molecular complexity index is 1180. The van der Waals surface area contributed by atoms with Crippen molar-refractivity contribution in [2.24, 2.45) is 0 Å². The minimum absolute atomic E-state index is 0.00189. The van der Waals surface area contributed by atoms with Crippen molar-refractivity contribution in [1.29, 1.82) is 0 Å². The monoisotopic (exact) mass is 589 g/mol. The fourth-order valence-corrected chi connectivity index (χ4v) is 7.50. The summed E-state index contributed by atoms with van der Waals surface area (Å²) in [5, 5.41) is 0.00189. The molecule has 0 aromatic heterocycles. The molecule has 0 spiro atoms. The van der Waals surface area contributed by atoms with Crippen molar-refractivity contribution in [1.82, 2.24) is 4.90 Å². The van der Waals surface area contributed by atoms with E-state index >= 15 is 0 Å². The fourth-order valence-electron chi connectivity index (χ4n) is 5.71. The van der Waals surface area contributed by atoms with E-state index in [-0.39, 0.29) is 42.0 Å². The summed E-state index contributed by atoms with van der Waals surface area (Å²) in [4.78, 5) is 2.50. The van der Waals surface area contributed by atoms with Gasteiger partial charge in [-0.25, -0.2) is 0 Å². The van der Waals surface area contributed by atoms with Gasteiger partial charge in [-0.2, -0.15) is 8.42 Å². The van der Waals surface area contributed by atoms with Gasteiger partial charge < -0.3 is 13.9 Å². The lowest BCUT2D eigenvalue weighted by Crippen LogP contribution is -2.54. The van der Waals surface area contributed by atoms with Crippen molar-refractivity contribution in [2.75, 3.05) is 19.4 Å². The number of hydrogen-bond donors (Lipinski definition) is 0. The largest absolute Gasteiger partial charge is 0.412 e. The van der Waals surface area contributed by atoms with Gasteiger partial charge in [0.15, 0.2) is 14.1 Å².